The number of phenolic OH excluding ortho intramolecular Hbond substituents is 1. The van der Waals surface area contributed by atoms with Crippen LogP contribution in [-0.2, 0) is 0 Å². The standard InChI is InChI=1S/C13H9N3O3/c17-8-11-13(12-2-1-7-19-12)16(15-14-11)9-3-5-10(18)6-4-9/h1-8,18H. The molecule has 94 valence electrons. The van der Waals surface area contributed by atoms with E-state index in [1.165, 1.54) is 23.1 Å². The minimum atomic E-state index is 0.152. The highest BCUT2D eigenvalue weighted by Crippen LogP contribution is 2.25. The number of carbonyl (C=O) groups is 1. The third-order valence-electron chi connectivity index (χ3n) is 2.66. The van der Waals surface area contributed by atoms with Crippen LogP contribution in [0, 0.1) is 0 Å². The second kappa shape index (κ2) is 4.41. The molecule has 0 saturated heterocycles. The molecule has 2 aromatic heterocycles. The molecule has 6 nitrogen and oxygen atoms in total. The van der Waals surface area contributed by atoms with E-state index in [0.717, 1.165) is 0 Å². The number of hydrogen-bond acceptors (Lipinski definition) is 5. The molecule has 0 fully saturated rings. The van der Waals surface area contributed by atoms with E-state index in [-0.39, 0.29) is 11.4 Å². The van der Waals surface area contributed by atoms with Crippen LogP contribution >= 0.6 is 0 Å². The van der Waals surface area contributed by atoms with Crippen molar-refractivity contribution in [2.24, 2.45) is 0 Å². The van der Waals surface area contributed by atoms with Crippen molar-refractivity contribution >= 4 is 6.29 Å². The molecule has 0 bridgehead atoms. The van der Waals surface area contributed by atoms with E-state index in [0.29, 0.717) is 23.4 Å². The quantitative estimate of drug-likeness (QED) is 0.724. The largest absolute Gasteiger partial charge is 0.508 e. The molecule has 3 aromatic rings. The predicted octanol–water partition coefficient (Wildman–Crippen LogP) is 2.05. The van der Waals surface area contributed by atoms with Crippen molar-refractivity contribution in [2.45, 2.75) is 0 Å². The summed E-state index contributed by atoms with van der Waals surface area (Å²) in [5.74, 6) is 0.652. The topological polar surface area (TPSA) is 81.2 Å². The zero-order valence-corrected chi connectivity index (χ0v) is 9.72. The molecule has 0 saturated carbocycles. The van der Waals surface area contributed by atoms with E-state index in [9.17, 15) is 9.90 Å². The summed E-state index contributed by atoms with van der Waals surface area (Å²) in [5.41, 5.74) is 1.35. The van der Waals surface area contributed by atoms with Crippen molar-refractivity contribution in [3.63, 3.8) is 0 Å². The van der Waals surface area contributed by atoms with Gasteiger partial charge in [0.2, 0.25) is 0 Å². The SMILES string of the molecule is O=Cc1nnn(-c2ccc(O)cc2)c1-c1ccco1. The molecule has 1 aromatic carbocycles. The van der Waals surface area contributed by atoms with Gasteiger partial charge in [0, 0.05) is 0 Å². The maximum atomic E-state index is 11.0. The fraction of sp³-hybridized carbons (Fsp3) is 0. The van der Waals surface area contributed by atoms with Gasteiger partial charge < -0.3 is 9.52 Å². The molecule has 6 heteroatoms. The Labute approximate surface area is 107 Å². The maximum Gasteiger partial charge on any atom is 0.172 e. The monoisotopic (exact) mass is 255 g/mol. The van der Waals surface area contributed by atoms with Crippen molar-refractivity contribution in [3.8, 4) is 22.9 Å². The summed E-state index contributed by atoms with van der Waals surface area (Å²) in [5, 5.41) is 17.0. The molecule has 0 unspecified atom stereocenters. The molecule has 0 aliphatic carbocycles. The molecule has 0 aliphatic rings. The van der Waals surface area contributed by atoms with E-state index in [2.05, 4.69) is 10.3 Å². The Morgan fingerprint density at radius 1 is 1.21 bits per heavy atom. The van der Waals surface area contributed by atoms with Crippen molar-refractivity contribution < 1.29 is 14.3 Å². The fourth-order valence-electron chi connectivity index (χ4n) is 1.79. The fourth-order valence-corrected chi connectivity index (χ4v) is 1.79. The van der Waals surface area contributed by atoms with Crippen molar-refractivity contribution in [2.75, 3.05) is 0 Å². The first-order chi connectivity index (χ1) is 9.29. The highest BCUT2D eigenvalue weighted by Gasteiger charge is 2.17. The van der Waals surface area contributed by atoms with E-state index in [1.54, 1.807) is 24.3 Å². The number of furan rings is 1. The van der Waals surface area contributed by atoms with Gasteiger partial charge in [-0.1, -0.05) is 5.21 Å². The zero-order valence-electron chi connectivity index (χ0n) is 9.72. The molecule has 3 rings (SSSR count). The van der Waals surface area contributed by atoms with E-state index in [4.69, 9.17) is 4.42 Å². The van der Waals surface area contributed by atoms with Crippen LogP contribution in [0.1, 0.15) is 10.5 Å². The first-order valence-corrected chi connectivity index (χ1v) is 5.54. The lowest BCUT2D eigenvalue weighted by Crippen LogP contribution is -1.99. The molecule has 0 radical (unpaired) electrons. The van der Waals surface area contributed by atoms with Crippen LogP contribution in [0.15, 0.2) is 47.1 Å². The van der Waals surface area contributed by atoms with Gasteiger partial charge in [-0.05, 0) is 36.4 Å². The van der Waals surface area contributed by atoms with Gasteiger partial charge in [0.25, 0.3) is 0 Å². The van der Waals surface area contributed by atoms with E-state index in [1.807, 2.05) is 0 Å². The van der Waals surface area contributed by atoms with Crippen LogP contribution in [0.3, 0.4) is 0 Å². The number of rotatable bonds is 3. The normalized spacial score (nSPS) is 10.5. The van der Waals surface area contributed by atoms with Gasteiger partial charge in [0.15, 0.2) is 17.7 Å². The summed E-state index contributed by atoms with van der Waals surface area (Å²) in [6, 6.07) is 9.85. The molecule has 1 N–H and O–H groups in total. The Morgan fingerprint density at radius 3 is 2.63 bits per heavy atom. The highest BCUT2D eigenvalue weighted by molar-refractivity contribution is 5.82. The molecule has 19 heavy (non-hydrogen) atoms. The summed E-state index contributed by atoms with van der Waals surface area (Å²) >= 11 is 0. The lowest BCUT2D eigenvalue weighted by atomic mass is 10.2. The van der Waals surface area contributed by atoms with Crippen molar-refractivity contribution in [1.82, 2.24) is 15.0 Å². The minimum Gasteiger partial charge on any atom is -0.508 e. The Bertz CT molecular complexity index is 699. The predicted molar refractivity (Wildman–Crippen MR) is 66.1 cm³/mol. The average molecular weight is 255 g/mol. The van der Waals surface area contributed by atoms with E-state index < -0.39 is 0 Å². The third-order valence-corrected chi connectivity index (χ3v) is 2.66. The van der Waals surface area contributed by atoms with Crippen molar-refractivity contribution in [3.05, 3.63) is 48.4 Å². The van der Waals surface area contributed by atoms with Crippen LogP contribution in [0.25, 0.3) is 17.1 Å². The molecule has 0 aliphatic heterocycles. The van der Waals surface area contributed by atoms with Gasteiger partial charge in [0.1, 0.15) is 11.4 Å². The van der Waals surface area contributed by atoms with Crippen LogP contribution in [0.4, 0.5) is 0 Å². The number of hydrogen-bond donors (Lipinski definition) is 1. The highest BCUT2D eigenvalue weighted by atomic mass is 16.3. The maximum absolute atomic E-state index is 11.0. The van der Waals surface area contributed by atoms with E-state index >= 15 is 0 Å². The van der Waals surface area contributed by atoms with Gasteiger partial charge >= 0.3 is 0 Å². The van der Waals surface area contributed by atoms with Crippen LogP contribution in [-0.4, -0.2) is 26.4 Å². The molecule has 0 atom stereocenters. The number of aldehydes is 1. The van der Waals surface area contributed by atoms with Gasteiger partial charge in [-0.25, -0.2) is 4.68 Å². The molecule has 0 spiro atoms. The van der Waals surface area contributed by atoms with Gasteiger partial charge in [0.05, 0.1) is 12.0 Å². The van der Waals surface area contributed by atoms with Crippen LogP contribution in [0.2, 0.25) is 0 Å². The number of carbonyl (C=O) groups excluding carboxylic acids is 1. The number of phenols is 1. The lowest BCUT2D eigenvalue weighted by molar-refractivity contribution is 0.111. The molecular weight excluding hydrogens is 246 g/mol. The summed E-state index contributed by atoms with van der Waals surface area (Å²) in [6.07, 6.45) is 2.14. The molecule has 0 amide bonds. The Hall–Kier alpha value is -2.89. The summed E-state index contributed by atoms with van der Waals surface area (Å²) in [7, 11) is 0. The van der Waals surface area contributed by atoms with Crippen LogP contribution in [0.5, 0.6) is 5.75 Å². The van der Waals surface area contributed by atoms with Crippen LogP contribution < -0.4 is 0 Å². The smallest absolute Gasteiger partial charge is 0.172 e. The van der Waals surface area contributed by atoms with Gasteiger partial charge in [-0.2, -0.15) is 0 Å². The van der Waals surface area contributed by atoms with Crippen molar-refractivity contribution in [1.29, 1.82) is 0 Å². The first-order valence-electron chi connectivity index (χ1n) is 5.54. The molecular formula is C13H9N3O3. The Balaban J connectivity index is 2.19. The second-order valence-corrected chi connectivity index (χ2v) is 3.85. The number of benzene rings is 1. The summed E-state index contributed by atoms with van der Waals surface area (Å²) < 4.78 is 6.79. The van der Waals surface area contributed by atoms with Gasteiger partial charge in [-0.15, -0.1) is 5.10 Å². The summed E-state index contributed by atoms with van der Waals surface area (Å²) in [6.45, 7) is 0. The lowest BCUT2D eigenvalue weighted by Gasteiger charge is -2.04. The third kappa shape index (κ3) is 1.89. The number of nitrogens with zero attached hydrogens (tertiary/aromatic N) is 3. The van der Waals surface area contributed by atoms with Gasteiger partial charge in [-0.3, -0.25) is 4.79 Å². The Morgan fingerprint density at radius 2 is 2.00 bits per heavy atom. The number of aromatic nitrogens is 3. The minimum absolute atomic E-state index is 0.152. The first kappa shape index (κ1) is 11.2. The zero-order chi connectivity index (χ0) is 13.2. The Kier molecular flexibility index (Phi) is 2.60. The average Bonchev–Trinajstić information content (AvgIpc) is 3.07. The number of aromatic hydroxyl groups is 1. The molecule has 2 heterocycles. The summed E-state index contributed by atoms with van der Waals surface area (Å²) in [4.78, 5) is 11.0. The second-order valence-electron chi connectivity index (χ2n) is 3.85.